The smallest absolute Gasteiger partial charge is 0.161 e. The first-order chi connectivity index (χ1) is 8.70. The van der Waals surface area contributed by atoms with Crippen molar-refractivity contribution in [2.24, 2.45) is 5.92 Å². The first kappa shape index (κ1) is 15.5. The highest BCUT2D eigenvalue weighted by Crippen LogP contribution is 2.37. The molecule has 6 heteroatoms. The van der Waals surface area contributed by atoms with Gasteiger partial charge in [0.25, 0.3) is 0 Å². The molecular weight excluding hydrogens is 387 g/mol. The maximum absolute atomic E-state index is 5.90. The molecule has 0 radical (unpaired) electrons. The van der Waals surface area contributed by atoms with Gasteiger partial charge in [-0.05, 0) is 19.3 Å². The van der Waals surface area contributed by atoms with Crippen LogP contribution < -0.4 is 0 Å². The van der Waals surface area contributed by atoms with E-state index in [0.717, 1.165) is 19.3 Å². The van der Waals surface area contributed by atoms with Crippen molar-refractivity contribution in [2.75, 3.05) is 25.7 Å². The van der Waals surface area contributed by atoms with Gasteiger partial charge in [-0.15, -0.1) is 11.6 Å². The molecule has 0 aromatic carbocycles. The molecule has 0 bridgehead atoms. The van der Waals surface area contributed by atoms with Gasteiger partial charge in [0, 0.05) is 21.5 Å². The molecule has 1 aliphatic carbocycles. The highest BCUT2D eigenvalue weighted by atomic mass is 79.9. The molecule has 18 heavy (non-hydrogen) atoms. The Morgan fingerprint density at radius 1 is 1.22 bits per heavy atom. The number of ether oxygens (including phenoxy) is 3. The van der Waals surface area contributed by atoms with Gasteiger partial charge in [-0.25, -0.2) is 0 Å². The predicted molar refractivity (Wildman–Crippen MR) is 78.9 cm³/mol. The van der Waals surface area contributed by atoms with Crippen molar-refractivity contribution in [3.05, 3.63) is 0 Å². The fourth-order valence-corrected chi connectivity index (χ4v) is 3.76. The number of hydrogen-bond acceptors (Lipinski definition) is 3. The van der Waals surface area contributed by atoms with Crippen molar-refractivity contribution < 1.29 is 14.2 Å². The van der Waals surface area contributed by atoms with E-state index < -0.39 is 0 Å². The van der Waals surface area contributed by atoms with Gasteiger partial charge in [-0.1, -0.05) is 31.9 Å². The van der Waals surface area contributed by atoms with Crippen LogP contribution in [0.25, 0.3) is 0 Å². The second kappa shape index (κ2) is 7.79. The van der Waals surface area contributed by atoms with Crippen LogP contribution in [0.1, 0.15) is 19.3 Å². The summed E-state index contributed by atoms with van der Waals surface area (Å²) in [6, 6.07) is 0. The van der Waals surface area contributed by atoms with Crippen molar-refractivity contribution in [2.45, 2.75) is 41.3 Å². The molecule has 106 valence electrons. The Labute approximate surface area is 130 Å². The van der Waals surface area contributed by atoms with Crippen molar-refractivity contribution in [3.63, 3.8) is 0 Å². The van der Waals surface area contributed by atoms with E-state index in [0.29, 0.717) is 41.3 Å². The van der Waals surface area contributed by atoms with Crippen LogP contribution in [0.2, 0.25) is 0 Å². The van der Waals surface area contributed by atoms with Gasteiger partial charge in [0.15, 0.2) is 6.29 Å². The summed E-state index contributed by atoms with van der Waals surface area (Å²) < 4.78 is 17.0. The lowest BCUT2D eigenvalue weighted by molar-refractivity contribution is -0.111. The Morgan fingerprint density at radius 2 is 2.06 bits per heavy atom. The van der Waals surface area contributed by atoms with Gasteiger partial charge in [-0.2, -0.15) is 0 Å². The highest BCUT2D eigenvalue weighted by molar-refractivity contribution is 9.12. The third-order valence-corrected chi connectivity index (χ3v) is 6.39. The van der Waals surface area contributed by atoms with E-state index in [9.17, 15) is 0 Å². The Hall–Kier alpha value is 1.13. The molecule has 3 nitrogen and oxygen atoms in total. The lowest BCUT2D eigenvalue weighted by Gasteiger charge is -2.32. The molecule has 2 aliphatic rings. The Balaban J connectivity index is 1.71. The minimum atomic E-state index is -0.0605. The summed E-state index contributed by atoms with van der Waals surface area (Å²) in [5.74, 6) is 1.01. The number of rotatable bonds is 5. The normalized spacial score (nSPS) is 41.2. The summed E-state index contributed by atoms with van der Waals surface area (Å²) in [5.41, 5.74) is 0. The van der Waals surface area contributed by atoms with Crippen LogP contribution in [0.3, 0.4) is 0 Å². The van der Waals surface area contributed by atoms with Crippen LogP contribution in [0.4, 0.5) is 0 Å². The summed E-state index contributed by atoms with van der Waals surface area (Å²) in [5, 5.41) is 0. The molecular formula is C12H19Br2ClO3. The van der Waals surface area contributed by atoms with Crippen LogP contribution >= 0.6 is 43.5 Å². The maximum Gasteiger partial charge on any atom is 0.161 e. The van der Waals surface area contributed by atoms with E-state index in [4.69, 9.17) is 25.8 Å². The van der Waals surface area contributed by atoms with Crippen LogP contribution in [0.15, 0.2) is 0 Å². The standard InChI is InChI=1S/C12H19Br2ClO3/c13-10-2-1-8(5-11(10)14)12-17-7-9(18-12)6-16-4-3-15/h8-12H,1-7H2/t8-,9-,10+,11+,12+/m1/s1. The fourth-order valence-electron chi connectivity index (χ4n) is 2.43. The first-order valence-corrected chi connectivity index (χ1v) is 8.76. The summed E-state index contributed by atoms with van der Waals surface area (Å²) in [6.45, 7) is 1.78. The van der Waals surface area contributed by atoms with Crippen molar-refractivity contribution in [1.82, 2.24) is 0 Å². The molecule has 0 amide bonds. The quantitative estimate of drug-likeness (QED) is 0.518. The lowest BCUT2D eigenvalue weighted by Crippen LogP contribution is -2.33. The second-order valence-corrected chi connectivity index (χ2v) is 7.56. The van der Waals surface area contributed by atoms with E-state index in [1.54, 1.807) is 0 Å². The zero-order valence-corrected chi connectivity index (χ0v) is 14.1. The average Bonchev–Trinajstić information content (AvgIpc) is 2.82. The van der Waals surface area contributed by atoms with Gasteiger partial charge in [0.2, 0.25) is 0 Å². The molecule has 1 saturated carbocycles. The molecule has 0 aromatic heterocycles. The van der Waals surface area contributed by atoms with Crippen LogP contribution in [-0.4, -0.2) is 47.7 Å². The predicted octanol–water partition coefficient (Wildman–Crippen LogP) is 3.31. The zero-order chi connectivity index (χ0) is 13.0. The Kier molecular flexibility index (Phi) is 6.72. The minimum Gasteiger partial charge on any atom is -0.377 e. The molecule has 1 aliphatic heterocycles. The third kappa shape index (κ3) is 4.32. The Morgan fingerprint density at radius 3 is 2.78 bits per heavy atom. The maximum atomic E-state index is 5.90. The molecule has 0 spiro atoms. The minimum absolute atomic E-state index is 0.0605. The zero-order valence-electron chi connectivity index (χ0n) is 10.2. The molecule has 2 rings (SSSR count). The second-order valence-electron chi connectivity index (χ2n) is 4.83. The van der Waals surface area contributed by atoms with Crippen molar-refractivity contribution in [1.29, 1.82) is 0 Å². The largest absolute Gasteiger partial charge is 0.377 e. The van der Waals surface area contributed by atoms with Gasteiger partial charge < -0.3 is 14.2 Å². The Bertz CT molecular complexity index is 257. The van der Waals surface area contributed by atoms with E-state index in [-0.39, 0.29) is 12.4 Å². The van der Waals surface area contributed by atoms with Crippen molar-refractivity contribution >= 4 is 43.5 Å². The van der Waals surface area contributed by atoms with Crippen LogP contribution in [-0.2, 0) is 14.2 Å². The van der Waals surface area contributed by atoms with Crippen LogP contribution in [0, 0.1) is 5.92 Å². The summed E-state index contributed by atoms with van der Waals surface area (Å²) >= 11 is 13.0. The van der Waals surface area contributed by atoms with E-state index in [2.05, 4.69) is 31.9 Å². The molecule has 2 fully saturated rings. The summed E-state index contributed by atoms with van der Waals surface area (Å²) in [7, 11) is 0. The lowest BCUT2D eigenvalue weighted by atomic mass is 9.88. The molecule has 1 heterocycles. The molecule has 5 atom stereocenters. The number of halogens is 3. The monoisotopic (exact) mass is 404 g/mol. The van der Waals surface area contributed by atoms with E-state index in [1.165, 1.54) is 0 Å². The van der Waals surface area contributed by atoms with Crippen LogP contribution in [0.5, 0.6) is 0 Å². The summed E-state index contributed by atoms with van der Waals surface area (Å²) in [4.78, 5) is 1.08. The summed E-state index contributed by atoms with van der Waals surface area (Å²) in [6.07, 6.45) is 3.41. The average molecular weight is 407 g/mol. The topological polar surface area (TPSA) is 27.7 Å². The highest BCUT2D eigenvalue weighted by Gasteiger charge is 2.37. The number of hydrogen-bond donors (Lipinski definition) is 0. The van der Waals surface area contributed by atoms with Gasteiger partial charge in [0.1, 0.15) is 6.10 Å². The van der Waals surface area contributed by atoms with Gasteiger partial charge in [-0.3, -0.25) is 0 Å². The molecule has 1 saturated heterocycles. The van der Waals surface area contributed by atoms with E-state index >= 15 is 0 Å². The van der Waals surface area contributed by atoms with E-state index in [1.807, 2.05) is 0 Å². The molecule has 0 N–H and O–H groups in total. The van der Waals surface area contributed by atoms with Crippen molar-refractivity contribution in [3.8, 4) is 0 Å². The molecule has 0 aromatic rings. The van der Waals surface area contributed by atoms with Gasteiger partial charge in [0.05, 0.1) is 19.8 Å². The van der Waals surface area contributed by atoms with Gasteiger partial charge >= 0.3 is 0 Å². The number of alkyl halides is 3. The molecule has 0 unspecified atom stereocenters. The first-order valence-electron chi connectivity index (χ1n) is 6.39. The third-order valence-electron chi connectivity index (χ3n) is 3.42. The fraction of sp³-hybridized carbons (Fsp3) is 1.00. The SMILES string of the molecule is ClCCOC[C@@H]1CO[C@H]([C@@H]2CC[C@H](Br)[C@@H](Br)C2)O1.